The van der Waals surface area contributed by atoms with E-state index in [1.165, 1.54) is 12.1 Å². The molecule has 1 aromatic carbocycles. The second-order valence-electron chi connectivity index (χ2n) is 6.33. The smallest absolute Gasteiger partial charge is 0.241 e. The summed E-state index contributed by atoms with van der Waals surface area (Å²) in [7, 11) is -3.65. The topological polar surface area (TPSA) is 85.1 Å². The van der Waals surface area contributed by atoms with Gasteiger partial charge in [0.2, 0.25) is 21.8 Å². The van der Waals surface area contributed by atoms with Crippen molar-refractivity contribution in [2.75, 3.05) is 0 Å². The Bertz CT molecular complexity index is 835. The van der Waals surface area contributed by atoms with Crippen molar-refractivity contribution in [3.05, 3.63) is 41.4 Å². The molecule has 8 heteroatoms. The molecule has 1 aliphatic carbocycles. The van der Waals surface area contributed by atoms with Gasteiger partial charge in [0.15, 0.2) is 0 Å². The Balaban J connectivity index is 1.64. The number of halogens is 1. The van der Waals surface area contributed by atoms with Crippen LogP contribution in [0.5, 0.6) is 0 Å². The van der Waals surface area contributed by atoms with Crippen LogP contribution in [0.1, 0.15) is 36.6 Å². The Kier molecular flexibility index (Phi) is 4.69. The van der Waals surface area contributed by atoms with Gasteiger partial charge in [-0.25, -0.2) is 17.5 Å². The zero-order valence-electron chi connectivity index (χ0n) is 13.6. The Morgan fingerprint density at radius 3 is 2.75 bits per heavy atom. The monoisotopic (exact) mass is 353 g/mol. The molecule has 3 rings (SSSR count). The van der Waals surface area contributed by atoms with Gasteiger partial charge >= 0.3 is 0 Å². The molecule has 0 radical (unpaired) electrons. The van der Waals surface area contributed by atoms with E-state index in [0.29, 0.717) is 29.7 Å². The lowest BCUT2D eigenvalue weighted by Gasteiger charge is -2.15. The zero-order valence-corrected chi connectivity index (χ0v) is 14.4. The summed E-state index contributed by atoms with van der Waals surface area (Å²) in [4.78, 5) is 0.125. The third-order valence-corrected chi connectivity index (χ3v) is 6.00. The molecule has 0 aliphatic heterocycles. The summed E-state index contributed by atoms with van der Waals surface area (Å²) in [6, 6.07) is 3.56. The fourth-order valence-electron chi connectivity index (χ4n) is 3.23. The fourth-order valence-corrected chi connectivity index (χ4v) is 4.74. The minimum absolute atomic E-state index is 0.125. The van der Waals surface area contributed by atoms with Crippen LogP contribution < -0.4 is 4.72 Å². The van der Waals surface area contributed by atoms with E-state index >= 15 is 0 Å². The van der Waals surface area contributed by atoms with Gasteiger partial charge in [-0.15, -0.1) is 10.2 Å². The maximum absolute atomic E-state index is 13.2. The molecule has 0 spiro atoms. The molecule has 1 heterocycles. The molecule has 1 fully saturated rings. The van der Waals surface area contributed by atoms with Crippen molar-refractivity contribution >= 4 is 10.0 Å². The Morgan fingerprint density at radius 1 is 1.29 bits per heavy atom. The molecule has 1 aliphatic rings. The SMILES string of the molecule is Cc1nnc(C[C@@H]2CC[C@H](NS(=O)(=O)c3ccc(F)cc3C)C2)o1. The highest BCUT2D eigenvalue weighted by Gasteiger charge is 2.30. The summed E-state index contributed by atoms with van der Waals surface area (Å²) in [5, 5.41) is 7.79. The zero-order chi connectivity index (χ0) is 17.3. The minimum Gasteiger partial charge on any atom is -0.426 e. The first-order valence-corrected chi connectivity index (χ1v) is 9.39. The van der Waals surface area contributed by atoms with Crippen LogP contribution in [0, 0.1) is 25.6 Å². The number of rotatable bonds is 5. The molecule has 0 bridgehead atoms. The maximum atomic E-state index is 13.2. The molecule has 1 saturated carbocycles. The summed E-state index contributed by atoms with van der Waals surface area (Å²) in [6.45, 7) is 3.33. The molecule has 1 aromatic heterocycles. The molecule has 0 amide bonds. The van der Waals surface area contributed by atoms with Gasteiger partial charge in [0.1, 0.15) is 5.82 Å². The highest BCUT2D eigenvalue weighted by molar-refractivity contribution is 7.89. The molecule has 2 aromatic rings. The van der Waals surface area contributed by atoms with Gasteiger partial charge in [-0.2, -0.15) is 0 Å². The van der Waals surface area contributed by atoms with Gasteiger partial charge in [-0.3, -0.25) is 0 Å². The third-order valence-electron chi connectivity index (χ3n) is 4.32. The summed E-state index contributed by atoms with van der Waals surface area (Å²) in [6.07, 6.45) is 3.05. The first-order chi connectivity index (χ1) is 11.3. The highest BCUT2D eigenvalue weighted by Crippen LogP contribution is 2.29. The molecule has 24 heavy (non-hydrogen) atoms. The molecule has 0 saturated heterocycles. The van der Waals surface area contributed by atoms with E-state index in [1.807, 2.05) is 0 Å². The molecule has 130 valence electrons. The number of benzene rings is 1. The van der Waals surface area contributed by atoms with E-state index in [2.05, 4.69) is 14.9 Å². The van der Waals surface area contributed by atoms with Crippen molar-refractivity contribution in [3.63, 3.8) is 0 Å². The second-order valence-corrected chi connectivity index (χ2v) is 8.01. The van der Waals surface area contributed by atoms with Crippen LogP contribution in [0.4, 0.5) is 4.39 Å². The average molecular weight is 353 g/mol. The van der Waals surface area contributed by atoms with Gasteiger partial charge in [0.05, 0.1) is 4.90 Å². The number of hydrogen-bond acceptors (Lipinski definition) is 5. The van der Waals surface area contributed by atoms with Crippen molar-refractivity contribution in [3.8, 4) is 0 Å². The first kappa shape index (κ1) is 17.0. The van der Waals surface area contributed by atoms with Gasteiger partial charge in [0.25, 0.3) is 0 Å². The Labute approximate surface area is 140 Å². The van der Waals surface area contributed by atoms with Crippen LogP contribution in [0.15, 0.2) is 27.5 Å². The van der Waals surface area contributed by atoms with E-state index in [0.717, 1.165) is 25.3 Å². The Morgan fingerprint density at radius 2 is 2.08 bits per heavy atom. The number of nitrogens with one attached hydrogen (secondary N) is 1. The van der Waals surface area contributed by atoms with E-state index < -0.39 is 15.8 Å². The Hall–Kier alpha value is -1.80. The van der Waals surface area contributed by atoms with Gasteiger partial charge in [-0.1, -0.05) is 0 Å². The number of aryl methyl sites for hydroxylation is 2. The van der Waals surface area contributed by atoms with Crippen molar-refractivity contribution < 1.29 is 17.2 Å². The van der Waals surface area contributed by atoms with E-state index in [4.69, 9.17) is 4.42 Å². The van der Waals surface area contributed by atoms with Crippen LogP contribution in [-0.4, -0.2) is 24.7 Å². The second kappa shape index (κ2) is 6.60. The molecule has 2 atom stereocenters. The molecular formula is C16H20FN3O3S. The number of nitrogens with zero attached hydrogens (tertiary/aromatic N) is 2. The lowest BCUT2D eigenvalue weighted by molar-refractivity contribution is 0.413. The van der Waals surface area contributed by atoms with Crippen LogP contribution in [0.2, 0.25) is 0 Å². The van der Waals surface area contributed by atoms with E-state index in [-0.39, 0.29) is 10.9 Å². The van der Waals surface area contributed by atoms with Crippen molar-refractivity contribution in [2.45, 2.75) is 50.5 Å². The van der Waals surface area contributed by atoms with Crippen molar-refractivity contribution in [1.82, 2.24) is 14.9 Å². The normalized spacial score (nSPS) is 21.3. The molecular weight excluding hydrogens is 333 g/mol. The van der Waals surface area contributed by atoms with E-state index in [9.17, 15) is 12.8 Å². The van der Waals surface area contributed by atoms with Crippen molar-refractivity contribution in [1.29, 1.82) is 0 Å². The van der Waals surface area contributed by atoms with Crippen LogP contribution in [0.25, 0.3) is 0 Å². The average Bonchev–Trinajstić information content (AvgIpc) is 3.07. The van der Waals surface area contributed by atoms with Crippen LogP contribution in [-0.2, 0) is 16.4 Å². The summed E-state index contributed by atoms with van der Waals surface area (Å²) >= 11 is 0. The van der Waals surface area contributed by atoms with Gasteiger partial charge in [-0.05, 0) is 55.9 Å². The van der Waals surface area contributed by atoms with E-state index in [1.54, 1.807) is 13.8 Å². The minimum atomic E-state index is -3.65. The number of sulfonamides is 1. The van der Waals surface area contributed by atoms with Crippen molar-refractivity contribution in [2.24, 2.45) is 5.92 Å². The lowest BCUT2D eigenvalue weighted by atomic mass is 10.0. The highest BCUT2D eigenvalue weighted by atomic mass is 32.2. The molecule has 0 unspecified atom stereocenters. The summed E-state index contributed by atoms with van der Waals surface area (Å²) in [5.74, 6) is 0.997. The first-order valence-electron chi connectivity index (χ1n) is 7.91. The fraction of sp³-hybridized carbons (Fsp3) is 0.500. The largest absolute Gasteiger partial charge is 0.426 e. The third kappa shape index (κ3) is 3.81. The summed E-state index contributed by atoms with van der Waals surface area (Å²) in [5.41, 5.74) is 0.401. The quantitative estimate of drug-likeness (QED) is 0.893. The standard InChI is InChI=1S/C16H20FN3O3S/c1-10-7-13(17)4-6-15(10)24(21,22)20-14-5-3-12(8-14)9-16-19-18-11(2)23-16/h4,6-7,12,14,20H,3,5,8-9H2,1-2H3/t12-,14+/m1/s1. The maximum Gasteiger partial charge on any atom is 0.241 e. The molecule has 6 nitrogen and oxygen atoms in total. The number of hydrogen-bond donors (Lipinski definition) is 1. The predicted octanol–water partition coefficient (Wildman–Crippen LogP) is 2.52. The van der Waals surface area contributed by atoms with Crippen LogP contribution in [0.3, 0.4) is 0 Å². The predicted molar refractivity (Wildman–Crippen MR) is 85.3 cm³/mol. The van der Waals surface area contributed by atoms with Gasteiger partial charge < -0.3 is 4.42 Å². The van der Waals surface area contributed by atoms with Gasteiger partial charge in [0, 0.05) is 19.4 Å². The number of aromatic nitrogens is 2. The lowest BCUT2D eigenvalue weighted by Crippen LogP contribution is -2.33. The van der Waals surface area contributed by atoms with Crippen LogP contribution >= 0.6 is 0 Å². The molecule has 1 N–H and O–H groups in total. The summed E-state index contributed by atoms with van der Waals surface area (Å²) < 4.78 is 46.3.